The van der Waals surface area contributed by atoms with Crippen LogP contribution in [0.2, 0.25) is 0 Å². The van der Waals surface area contributed by atoms with E-state index in [-0.39, 0.29) is 12.1 Å². The highest BCUT2D eigenvalue weighted by Gasteiger charge is 2.16. The first-order chi connectivity index (χ1) is 12.4. The number of hydrogen-bond donors (Lipinski definition) is 2. The maximum atomic E-state index is 12.2. The fourth-order valence-electron chi connectivity index (χ4n) is 2.76. The third kappa shape index (κ3) is 5.49. The van der Waals surface area contributed by atoms with E-state index in [0.29, 0.717) is 12.5 Å². The summed E-state index contributed by atoms with van der Waals surface area (Å²) in [5.41, 5.74) is 3.13. The summed E-state index contributed by atoms with van der Waals surface area (Å²) in [7, 11) is 5.64. The van der Waals surface area contributed by atoms with Crippen molar-refractivity contribution in [1.29, 1.82) is 0 Å². The number of carbonyl (C=O) groups is 1. The molecule has 0 radical (unpaired) electrons. The minimum atomic E-state index is -0.211. The number of hydrogen-bond acceptors (Lipinski definition) is 3. The summed E-state index contributed by atoms with van der Waals surface area (Å²) in [5, 5.41) is 5.84. The van der Waals surface area contributed by atoms with Crippen molar-refractivity contribution in [1.82, 2.24) is 10.2 Å². The van der Waals surface area contributed by atoms with Crippen LogP contribution in [0, 0.1) is 0 Å². The SMILES string of the molecule is COc1cccc(C(CNC(=O)Nc2ccc(C(C)C)cc2)N(C)C)c1. The van der Waals surface area contributed by atoms with Crippen LogP contribution < -0.4 is 15.4 Å². The van der Waals surface area contributed by atoms with Crippen LogP contribution in [0.1, 0.15) is 36.9 Å². The third-order valence-electron chi connectivity index (χ3n) is 4.39. The molecule has 5 nitrogen and oxygen atoms in total. The Morgan fingerprint density at radius 1 is 1.08 bits per heavy atom. The number of nitrogens with one attached hydrogen (secondary N) is 2. The van der Waals surface area contributed by atoms with Crippen LogP contribution in [0.3, 0.4) is 0 Å². The van der Waals surface area contributed by atoms with E-state index < -0.39 is 0 Å². The zero-order valence-corrected chi connectivity index (χ0v) is 16.2. The predicted octanol–water partition coefficient (Wildman–Crippen LogP) is 4.24. The topological polar surface area (TPSA) is 53.6 Å². The Kier molecular flexibility index (Phi) is 7.04. The molecule has 0 heterocycles. The molecule has 2 amide bonds. The summed E-state index contributed by atoms with van der Waals surface area (Å²) in [5.74, 6) is 1.28. The lowest BCUT2D eigenvalue weighted by Crippen LogP contribution is -2.36. The van der Waals surface area contributed by atoms with Crippen LogP contribution in [0.25, 0.3) is 0 Å². The van der Waals surface area contributed by atoms with Gasteiger partial charge in [0, 0.05) is 12.2 Å². The highest BCUT2D eigenvalue weighted by Crippen LogP contribution is 2.22. The molecule has 0 aliphatic carbocycles. The van der Waals surface area contributed by atoms with Gasteiger partial charge in [0.05, 0.1) is 13.2 Å². The van der Waals surface area contributed by atoms with E-state index in [9.17, 15) is 4.79 Å². The molecule has 0 spiro atoms. The first-order valence-corrected chi connectivity index (χ1v) is 8.86. The second-order valence-electron chi connectivity index (χ2n) is 6.87. The molecule has 2 N–H and O–H groups in total. The molecule has 0 saturated heterocycles. The number of rotatable bonds is 7. The zero-order valence-electron chi connectivity index (χ0n) is 16.2. The predicted molar refractivity (Wildman–Crippen MR) is 107 cm³/mol. The molecule has 0 saturated carbocycles. The van der Waals surface area contributed by atoms with Gasteiger partial charge in [-0.2, -0.15) is 0 Å². The van der Waals surface area contributed by atoms with Crippen molar-refractivity contribution in [2.75, 3.05) is 33.1 Å². The largest absolute Gasteiger partial charge is 0.497 e. The lowest BCUT2D eigenvalue weighted by atomic mass is 10.0. The Balaban J connectivity index is 1.96. The van der Waals surface area contributed by atoms with E-state index in [1.165, 1.54) is 5.56 Å². The Morgan fingerprint density at radius 3 is 2.35 bits per heavy atom. The first kappa shape index (κ1) is 19.8. The molecule has 140 valence electrons. The molecule has 5 heteroatoms. The third-order valence-corrected chi connectivity index (χ3v) is 4.39. The minimum absolute atomic E-state index is 0.0548. The van der Waals surface area contributed by atoms with Crippen LogP contribution in [0.4, 0.5) is 10.5 Å². The summed E-state index contributed by atoms with van der Waals surface area (Å²) in [6, 6.07) is 15.7. The van der Waals surface area contributed by atoms with Gasteiger partial charge in [0.2, 0.25) is 0 Å². The highest BCUT2D eigenvalue weighted by atomic mass is 16.5. The Hall–Kier alpha value is -2.53. The van der Waals surface area contributed by atoms with Gasteiger partial charge < -0.3 is 20.3 Å². The molecule has 0 aromatic heterocycles. The van der Waals surface area contributed by atoms with Crippen LogP contribution in [-0.2, 0) is 0 Å². The number of urea groups is 1. The Bertz CT molecular complexity index is 711. The molecule has 2 aromatic rings. The van der Waals surface area contributed by atoms with Crippen molar-refractivity contribution in [3.63, 3.8) is 0 Å². The summed E-state index contributed by atoms with van der Waals surface area (Å²) < 4.78 is 5.30. The number of nitrogens with zero attached hydrogens (tertiary/aromatic N) is 1. The fourth-order valence-corrected chi connectivity index (χ4v) is 2.76. The maximum Gasteiger partial charge on any atom is 0.319 e. The number of carbonyl (C=O) groups excluding carboxylic acids is 1. The van der Waals surface area contributed by atoms with Crippen molar-refractivity contribution in [3.8, 4) is 5.75 Å². The smallest absolute Gasteiger partial charge is 0.319 e. The van der Waals surface area contributed by atoms with Gasteiger partial charge in [0.15, 0.2) is 0 Å². The van der Waals surface area contributed by atoms with E-state index in [1.54, 1.807) is 7.11 Å². The molecule has 0 bridgehead atoms. The van der Waals surface area contributed by atoms with Gasteiger partial charge >= 0.3 is 6.03 Å². The average Bonchev–Trinajstić information content (AvgIpc) is 2.62. The van der Waals surface area contributed by atoms with Gasteiger partial charge in [-0.1, -0.05) is 38.1 Å². The molecule has 2 aromatic carbocycles. The molecule has 1 atom stereocenters. The molecule has 0 fully saturated rings. The van der Waals surface area contributed by atoms with Crippen molar-refractivity contribution < 1.29 is 9.53 Å². The van der Waals surface area contributed by atoms with Gasteiger partial charge in [-0.05, 0) is 55.4 Å². The average molecular weight is 355 g/mol. The fraction of sp³-hybridized carbons (Fsp3) is 0.381. The van der Waals surface area contributed by atoms with Crippen LogP contribution in [0.5, 0.6) is 5.75 Å². The van der Waals surface area contributed by atoms with E-state index in [2.05, 4.69) is 29.4 Å². The van der Waals surface area contributed by atoms with Gasteiger partial charge in [0.1, 0.15) is 5.75 Å². The van der Waals surface area contributed by atoms with Crippen LogP contribution in [0.15, 0.2) is 48.5 Å². The Labute approximate surface area is 156 Å². The van der Waals surface area contributed by atoms with E-state index in [0.717, 1.165) is 17.0 Å². The van der Waals surface area contributed by atoms with Gasteiger partial charge in [-0.15, -0.1) is 0 Å². The summed E-state index contributed by atoms with van der Waals surface area (Å²) >= 11 is 0. The second-order valence-corrected chi connectivity index (χ2v) is 6.87. The van der Waals surface area contributed by atoms with E-state index >= 15 is 0 Å². The monoisotopic (exact) mass is 355 g/mol. The quantitative estimate of drug-likeness (QED) is 0.781. The van der Waals surface area contributed by atoms with Crippen LogP contribution in [-0.4, -0.2) is 38.7 Å². The maximum absolute atomic E-state index is 12.2. The van der Waals surface area contributed by atoms with Gasteiger partial charge in [-0.3, -0.25) is 0 Å². The highest BCUT2D eigenvalue weighted by molar-refractivity contribution is 5.89. The number of benzene rings is 2. The first-order valence-electron chi connectivity index (χ1n) is 8.86. The van der Waals surface area contributed by atoms with Crippen molar-refractivity contribution in [2.45, 2.75) is 25.8 Å². The summed E-state index contributed by atoms with van der Waals surface area (Å²) in [6.07, 6.45) is 0. The molecule has 26 heavy (non-hydrogen) atoms. The number of anilines is 1. The minimum Gasteiger partial charge on any atom is -0.497 e. The van der Waals surface area contributed by atoms with E-state index in [4.69, 9.17) is 4.74 Å². The molecule has 2 rings (SSSR count). The van der Waals surface area contributed by atoms with Crippen molar-refractivity contribution in [3.05, 3.63) is 59.7 Å². The standard InChI is InChI=1S/C21H29N3O2/c1-15(2)16-9-11-18(12-10-16)23-21(25)22-14-20(24(3)4)17-7-6-8-19(13-17)26-5/h6-13,15,20H,14H2,1-5H3,(H2,22,23,25). The number of methoxy groups -OCH3 is 1. The molecular weight excluding hydrogens is 326 g/mol. The zero-order chi connectivity index (χ0) is 19.1. The van der Waals surface area contributed by atoms with Gasteiger partial charge in [-0.25, -0.2) is 4.79 Å². The number of amides is 2. The molecule has 0 aliphatic rings. The number of likely N-dealkylation sites (N-methyl/N-ethyl adjacent to an activating group) is 1. The Morgan fingerprint density at radius 2 is 1.77 bits per heavy atom. The lowest BCUT2D eigenvalue weighted by Gasteiger charge is -2.25. The number of ether oxygens (including phenoxy) is 1. The summed E-state index contributed by atoms with van der Waals surface area (Å²) in [4.78, 5) is 14.3. The van der Waals surface area contributed by atoms with E-state index in [1.807, 2.05) is 62.6 Å². The van der Waals surface area contributed by atoms with Gasteiger partial charge in [0.25, 0.3) is 0 Å². The molecule has 1 unspecified atom stereocenters. The normalized spacial score (nSPS) is 12.1. The second kappa shape index (κ2) is 9.25. The molecular formula is C21H29N3O2. The van der Waals surface area contributed by atoms with Crippen molar-refractivity contribution >= 4 is 11.7 Å². The lowest BCUT2D eigenvalue weighted by molar-refractivity contribution is 0.243. The van der Waals surface area contributed by atoms with Crippen molar-refractivity contribution in [2.24, 2.45) is 0 Å². The molecule has 0 aliphatic heterocycles. The van der Waals surface area contributed by atoms with Crippen LogP contribution >= 0.6 is 0 Å². The summed E-state index contributed by atoms with van der Waals surface area (Å²) in [6.45, 7) is 4.79.